The Bertz CT molecular complexity index is 460. The smallest absolute Gasteiger partial charge is 0.0975 e. The second-order valence-corrected chi connectivity index (χ2v) is 11.1. The van der Waals surface area contributed by atoms with Crippen molar-refractivity contribution in [2.24, 2.45) is 0 Å². The Kier molecular flexibility index (Phi) is 24.1. The van der Waals surface area contributed by atoms with E-state index in [1.807, 2.05) is 0 Å². The lowest BCUT2D eigenvalue weighted by Crippen LogP contribution is -2.30. The summed E-state index contributed by atoms with van der Waals surface area (Å²) in [7, 11) is 2.19. The first-order valence-electron chi connectivity index (χ1n) is 16.0. The zero-order valence-corrected chi connectivity index (χ0v) is 24.7. The van der Waals surface area contributed by atoms with Gasteiger partial charge in [0.25, 0.3) is 0 Å². The first-order chi connectivity index (χ1) is 17.8. The third-order valence-electron chi connectivity index (χ3n) is 7.37. The molecule has 0 aromatic carbocycles. The lowest BCUT2D eigenvalue weighted by atomic mass is 10.1. The summed E-state index contributed by atoms with van der Waals surface area (Å²) in [6, 6.07) is 0. The molecule has 0 saturated carbocycles. The lowest BCUT2D eigenvalue weighted by Gasteiger charge is -2.20. The standard InChI is InChI=1S/C33H63NO2/c1-4-6-8-10-12-14-16-18-20-22-24-26-28-35-32-30-34(3)31-33(32)36-29-27-25-23-21-19-17-15-13-11-9-7-5-2/h10-13,32-33H,4-9,14-31H2,1-3H3/b12-10-,13-11-. The average Bonchev–Trinajstić information content (AvgIpc) is 3.23. The highest BCUT2D eigenvalue weighted by Crippen LogP contribution is 2.17. The van der Waals surface area contributed by atoms with E-state index in [9.17, 15) is 0 Å². The minimum Gasteiger partial charge on any atom is -0.374 e. The van der Waals surface area contributed by atoms with Gasteiger partial charge in [0.15, 0.2) is 0 Å². The summed E-state index contributed by atoms with van der Waals surface area (Å²) in [5.74, 6) is 0. The molecule has 1 aliphatic heterocycles. The van der Waals surface area contributed by atoms with Crippen molar-refractivity contribution in [1.82, 2.24) is 4.90 Å². The van der Waals surface area contributed by atoms with Crippen LogP contribution in [0.3, 0.4) is 0 Å². The Balaban J connectivity index is 1.92. The van der Waals surface area contributed by atoms with Crippen molar-refractivity contribution in [2.45, 2.75) is 154 Å². The second-order valence-electron chi connectivity index (χ2n) is 11.1. The number of rotatable bonds is 26. The number of nitrogens with zero attached hydrogens (tertiary/aromatic N) is 1. The van der Waals surface area contributed by atoms with Gasteiger partial charge < -0.3 is 14.4 Å². The van der Waals surface area contributed by atoms with Crippen molar-refractivity contribution in [3.05, 3.63) is 24.3 Å². The summed E-state index contributed by atoms with van der Waals surface area (Å²) in [6.07, 6.45) is 36.2. The molecular weight excluding hydrogens is 442 g/mol. The molecular formula is C33H63NO2. The fraction of sp³-hybridized carbons (Fsp3) is 0.879. The second kappa shape index (κ2) is 26.0. The van der Waals surface area contributed by atoms with E-state index in [-0.39, 0.29) is 12.2 Å². The van der Waals surface area contributed by atoms with Gasteiger partial charge in [0.2, 0.25) is 0 Å². The number of likely N-dealkylation sites (N-methyl/N-ethyl adjacent to an activating group) is 1. The monoisotopic (exact) mass is 505 g/mol. The van der Waals surface area contributed by atoms with Crippen molar-refractivity contribution < 1.29 is 9.47 Å². The van der Waals surface area contributed by atoms with Crippen molar-refractivity contribution in [3.8, 4) is 0 Å². The van der Waals surface area contributed by atoms with Crippen LogP contribution in [-0.2, 0) is 9.47 Å². The molecule has 1 heterocycles. The number of likely N-dealkylation sites (tertiary alicyclic amines) is 1. The number of ether oxygens (including phenoxy) is 2. The van der Waals surface area contributed by atoms with Crippen LogP contribution in [-0.4, -0.2) is 50.5 Å². The van der Waals surface area contributed by atoms with E-state index in [1.54, 1.807) is 0 Å². The van der Waals surface area contributed by atoms with Crippen LogP contribution in [0.2, 0.25) is 0 Å². The van der Waals surface area contributed by atoms with Crippen LogP contribution in [0.1, 0.15) is 142 Å². The van der Waals surface area contributed by atoms with Gasteiger partial charge in [0.1, 0.15) is 0 Å². The molecule has 3 heteroatoms. The largest absolute Gasteiger partial charge is 0.374 e. The average molecular weight is 506 g/mol. The minimum absolute atomic E-state index is 0.264. The van der Waals surface area contributed by atoms with Gasteiger partial charge in [-0.15, -0.1) is 0 Å². The molecule has 3 nitrogen and oxygen atoms in total. The summed E-state index contributed by atoms with van der Waals surface area (Å²) in [6.45, 7) is 8.35. The van der Waals surface area contributed by atoms with Crippen LogP contribution in [0.4, 0.5) is 0 Å². The zero-order valence-electron chi connectivity index (χ0n) is 24.7. The summed E-state index contributed by atoms with van der Waals surface area (Å²) in [5, 5.41) is 0. The van der Waals surface area contributed by atoms with Gasteiger partial charge in [-0.25, -0.2) is 0 Å². The van der Waals surface area contributed by atoms with Gasteiger partial charge in [0, 0.05) is 26.3 Å². The van der Waals surface area contributed by atoms with Crippen molar-refractivity contribution in [3.63, 3.8) is 0 Å². The Morgan fingerprint density at radius 1 is 0.500 bits per heavy atom. The molecule has 0 bridgehead atoms. The van der Waals surface area contributed by atoms with Crippen molar-refractivity contribution >= 4 is 0 Å². The predicted molar refractivity (Wildman–Crippen MR) is 159 cm³/mol. The van der Waals surface area contributed by atoms with Crippen LogP contribution >= 0.6 is 0 Å². The number of allylic oxidation sites excluding steroid dienone is 4. The number of hydrogen-bond donors (Lipinski definition) is 0. The van der Waals surface area contributed by atoms with E-state index in [0.29, 0.717) is 0 Å². The molecule has 36 heavy (non-hydrogen) atoms. The van der Waals surface area contributed by atoms with E-state index in [4.69, 9.17) is 9.47 Å². The number of hydrogen-bond acceptors (Lipinski definition) is 3. The van der Waals surface area contributed by atoms with E-state index in [0.717, 1.165) is 26.3 Å². The molecule has 2 unspecified atom stereocenters. The van der Waals surface area contributed by atoms with Crippen molar-refractivity contribution in [2.75, 3.05) is 33.4 Å². The van der Waals surface area contributed by atoms with Gasteiger partial charge in [-0.3, -0.25) is 0 Å². The van der Waals surface area contributed by atoms with Gasteiger partial charge in [0.05, 0.1) is 12.2 Å². The molecule has 0 amide bonds. The van der Waals surface area contributed by atoms with Crippen LogP contribution in [0, 0.1) is 0 Å². The topological polar surface area (TPSA) is 21.7 Å². The Hall–Kier alpha value is -0.640. The zero-order chi connectivity index (χ0) is 25.9. The maximum Gasteiger partial charge on any atom is 0.0975 e. The first kappa shape index (κ1) is 33.4. The highest BCUT2D eigenvalue weighted by atomic mass is 16.5. The minimum atomic E-state index is 0.264. The molecule has 1 saturated heterocycles. The summed E-state index contributed by atoms with van der Waals surface area (Å²) in [5.41, 5.74) is 0. The molecule has 0 spiro atoms. The summed E-state index contributed by atoms with van der Waals surface area (Å²) >= 11 is 0. The molecule has 0 aromatic heterocycles. The molecule has 212 valence electrons. The van der Waals surface area contributed by atoms with Gasteiger partial charge in [-0.2, -0.15) is 0 Å². The lowest BCUT2D eigenvalue weighted by molar-refractivity contribution is -0.0481. The van der Waals surface area contributed by atoms with Gasteiger partial charge in [-0.05, 0) is 58.4 Å². The SMILES string of the molecule is CCCC/C=C\CCCCCCCCOC1CN(C)CC1OCCCCCCCC/C=C\CCCC. The fourth-order valence-corrected chi connectivity index (χ4v) is 4.97. The van der Waals surface area contributed by atoms with Gasteiger partial charge in [-0.1, -0.05) is 115 Å². The molecule has 0 N–H and O–H groups in total. The van der Waals surface area contributed by atoms with E-state index >= 15 is 0 Å². The van der Waals surface area contributed by atoms with Gasteiger partial charge >= 0.3 is 0 Å². The maximum atomic E-state index is 6.26. The molecule has 0 aliphatic carbocycles. The van der Waals surface area contributed by atoms with E-state index in [2.05, 4.69) is 50.1 Å². The Morgan fingerprint density at radius 3 is 1.22 bits per heavy atom. The Morgan fingerprint density at radius 2 is 0.833 bits per heavy atom. The maximum absolute atomic E-state index is 6.26. The van der Waals surface area contributed by atoms with Crippen LogP contribution in [0.25, 0.3) is 0 Å². The molecule has 1 rings (SSSR count). The molecule has 1 fully saturated rings. The summed E-state index contributed by atoms with van der Waals surface area (Å²) < 4.78 is 12.5. The highest BCUT2D eigenvalue weighted by molar-refractivity contribution is 4.84. The molecule has 0 aromatic rings. The van der Waals surface area contributed by atoms with Crippen LogP contribution in [0.5, 0.6) is 0 Å². The quantitative estimate of drug-likeness (QED) is 0.0862. The fourth-order valence-electron chi connectivity index (χ4n) is 4.97. The highest BCUT2D eigenvalue weighted by Gasteiger charge is 2.32. The summed E-state index contributed by atoms with van der Waals surface area (Å²) in [4.78, 5) is 2.36. The van der Waals surface area contributed by atoms with E-state index in [1.165, 1.54) is 128 Å². The predicted octanol–water partition coefficient (Wildman–Crippen LogP) is 9.66. The normalized spacial score (nSPS) is 18.9. The molecule has 2 atom stereocenters. The molecule has 0 radical (unpaired) electrons. The molecule has 1 aliphatic rings. The van der Waals surface area contributed by atoms with Crippen LogP contribution in [0.15, 0.2) is 24.3 Å². The third-order valence-corrected chi connectivity index (χ3v) is 7.37. The Labute approximate surface area is 226 Å². The van der Waals surface area contributed by atoms with Crippen molar-refractivity contribution in [1.29, 1.82) is 0 Å². The number of unbranched alkanes of at least 4 members (excludes halogenated alkanes) is 16. The van der Waals surface area contributed by atoms with E-state index < -0.39 is 0 Å². The van der Waals surface area contributed by atoms with Crippen LogP contribution < -0.4 is 0 Å². The third kappa shape index (κ3) is 20.4. The first-order valence-corrected chi connectivity index (χ1v) is 16.0.